The highest BCUT2D eigenvalue weighted by Gasteiger charge is 2.21. The van der Waals surface area contributed by atoms with Gasteiger partial charge in [0.2, 0.25) is 0 Å². The predicted octanol–water partition coefficient (Wildman–Crippen LogP) is 4.68. The number of hydrogen-bond acceptors (Lipinski definition) is 2. The van der Waals surface area contributed by atoms with Crippen LogP contribution in [0.1, 0.15) is 20.8 Å². The van der Waals surface area contributed by atoms with E-state index >= 15 is 0 Å². The van der Waals surface area contributed by atoms with Crippen LogP contribution in [0.25, 0.3) is 0 Å². The zero-order valence-corrected chi connectivity index (χ0v) is 13.6. The van der Waals surface area contributed by atoms with Crippen LogP contribution in [0.3, 0.4) is 0 Å². The summed E-state index contributed by atoms with van der Waals surface area (Å²) in [5, 5.41) is 2.20. The topological polar surface area (TPSA) is 38.3 Å². The van der Waals surface area contributed by atoms with Gasteiger partial charge in [0.05, 0.1) is 10.2 Å². The molecule has 1 rings (SSSR count). The highest BCUT2D eigenvalue weighted by Crippen LogP contribution is 2.30. The minimum atomic E-state index is -1.13. The van der Waals surface area contributed by atoms with Gasteiger partial charge in [-0.3, -0.25) is 5.32 Å². The molecule has 18 heavy (non-hydrogen) atoms. The Morgan fingerprint density at radius 3 is 2.44 bits per heavy atom. The highest BCUT2D eigenvalue weighted by molar-refractivity contribution is 14.1. The molecule has 0 fully saturated rings. The van der Waals surface area contributed by atoms with Crippen molar-refractivity contribution in [3.63, 3.8) is 0 Å². The quantitative estimate of drug-likeness (QED) is 0.396. The average Bonchev–Trinajstić information content (AvgIpc) is 2.19. The van der Waals surface area contributed by atoms with Gasteiger partial charge >= 0.3 is 6.09 Å². The number of amides is 1. The predicted molar refractivity (Wildman–Crippen MR) is 76.6 cm³/mol. The fourth-order valence-electron chi connectivity index (χ4n) is 1.09. The molecule has 100 valence electrons. The Morgan fingerprint density at radius 2 is 1.94 bits per heavy atom. The van der Waals surface area contributed by atoms with Crippen LogP contribution < -0.4 is 5.32 Å². The Kier molecular flexibility index (Phi) is 4.93. The fraction of sp³-hybridized carbons (Fsp3) is 0.364. The molecule has 0 radical (unpaired) electrons. The van der Waals surface area contributed by atoms with E-state index in [9.17, 15) is 13.6 Å². The molecule has 0 bridgehead atoms. The van der Waals surface area contributed by atoms with Gasteiger partial charge in [0.1, 0.15) is 5.60 Å². The van der Waals surface area contributed by atoms with E-state index in [1.165, 1.54) is 6.07 Å². The summed E-state index contributed by atoms with van der Waals surface area (Å²) in [5.74, 6) is -2.18. The molecular formula is C11H11BrF2INO2. The maximum atomic E-state index is 13.6. The number of anilines is 1. The molecule has 3 nitrogen and oxygen atoms in total. The summed E-state index contributed by atoms with van der Waals surface area (Å²) in [6, 6.07) is 1.37. The monoisotopic (exact) mass is 433 g/mol. The van der Waals surface area contributed by atoms with E-state index in [2.05, 4.69) is 21.2 Å². The first kappa shape index (κ1) is 15.6. The Hall–Kier alpha value is -0.440. The van der Waals surface area contributed by atoms with Gasteiger partial charge in [0.15, 0.2) is 11.6 Å². The Bertz CT molecular complexity index is 489. The van der Waals surface area contributed by atoms with Crippen molar-refractivity contribution in [2.45, 2.75) is 26.4 Å². The molecule has 0 spiro atoms. The Labute approximate surface area is 126 Å². The lowest BCUT2D eigenvalue weighted by Gasteiger charge is -2.20. The van der Waals surface area contributed by atoms with Gasteiger partial charge in [0, 0.05) is 3.57 Å². The molecule has 0 aliphatic heterocycles. The minimum absolute atomic E-state index is 0.000797. The van der Waals surface area contributed by atoms with E-state index in [0.29, 0.717) is 3.57 Å². The van der Waals surface area contributed by atoms with Gasteiger partial charge < -0.3 is 4.74 Å². The number of carbonyl (C=O) groups excluding carboxylic acids is 1. The Balaban J connectivity index is 2.99. The molecule has 0 aliphatic carbocycles. The van der Waals surface area contributed by atoms with Gasteiger partial charge in [-0.2, -0.15) is 0 Å². The van der Waals surface area contributed by atoms with E-state index in [1.807, 2.05) is 0 Å². The van der Waals surface area contributed by atoms with E-state index in [-0.39, 0.29) is 10.2 Å². The molecule has 0 atom stereocenters. The summed E-state index contributed by atoms with van der Waals surface area (Å²) in [7, 11) is 0. The van der Waals surface area contributed by atoms with Crippen LogP contribution in [0, 0.1) is 15.2 Å². The lowest BCUT2D eigenvalue weighted by molar-refractivity contribution is 0.0635. The number of halogens is 4. The number of benzene rings is 1. The van der Waals surface area contributed by atoms with Crippen molar-refractivity contribution in [1.29, 1.82) is 0 Å². The maximum Gasteiger partial charge on any atom is 0.412 e. The molecule has 7 heteroatoms. The SMILES string of the molecule is CC(C)(C)OC(=O)Nc1c(I)cc(Br)c(F)c1F. The molecule has 0 unspecified atom stereocenters. The molecular weight excluding hydrogens is 423 g/mol. The van der Waals surface area contributed by atoms with Crippen molar-refractivity contribution < 1.29 is 18.3 Å². The van der Waals surface area contributed by atoms with Crippen LogP contribution in [0.4, 0.5) is 19.3 Å². The number of rotatable bonds is 1. The minimum Gasteiger partial charge on any atom is -0.444 e. The van der Waals surface area contributed by atoms with E-state index in [0.717, 1.165) is 0 Å². The maximum absolute atomic E-state index is 13.6. The average molecular weight is 434 g/mol. The molecule has 1 amide bonds. The zero-order chi connectivity index (χ0) is 14.1. The van der Waals surface area contributed by atoms with Gasteiger partial charge in [-0.25, -0.2) is 13.6 Å². The number of ether oxygens (including phenoxy) is 1. The molecule has 0 heterocycles. The van der Waals surface area contributed by atoms with Gasteiger partial charge in [-0.1, -0.05) is 0 Å². The zero-order valence-electron chi connectivity index (χ0n) is 9.91. The third kappa shape index (κ3) is 4.04. The first-order chi connectivity index (χ1) is 8.11. The summed E-state index contributed by atoms with van der Waals surface area (Å²) in [6.07, 6.45) is -0.832. The summed E-state index contributed by atoms with van der Waals surface area (Å²) in [6.45, 7) is 5.03. The van der Waals surface area contributed by atoms with Gasteiger partial charge in [-0.15, -0.1) is 0 Å². The van der Waals surface area contributed by atoms with Crippen LogP contribution in [0.15, 0.2) is 10.5 Å². The summed E-state index contributed by atoms with van der Waals surface area (Å²) < 4.78 is 32.3. The van der Waals surface area contributed by atoms with Crippen LogP contribution in [0.2, 0.25) is 0 Å². The van der Waals surface area contributed by atoms with Crippen LogP contribution in [-0.4, -0.2) is 11.7 Å². The standard InChI is InChI=1S/C11H11BrF2INO2/c1-11(2,3)18-10(17)16-9-6(15)4-5(12)7(13)8(9)14/h4H,1-3H3,(H,16,17). The molecule has 0 saturated carbocycles. The van der Waals surface area contributed by atoms with Crippen molar-refractivity contribution in [3.05, 3.63) is 25.7 Å². The van der Waals surface area contributed by atoms with Crippen LogP contribution in [-0.2, 0) is 4.74 Å². The lowest BCUT2D eigenvalue weighted by Crippen LogP contribution is -2.28. The molecule has 0 saturated heterocycles. The number of nitrogens with one attached hydrogen (secondary N) is 1. The summed E-state index contributed by atoms with van der Waals surface area (Å²) in [5.41, 5.74) is -0.939. The second kappa shape index (κ2) is 5.68. The summed E-state index contributed by atoms with van der Waals surface area (Å²) in [4.78, 5) is 11.5. The van der Waals surface area contributed by atoms with E-state index < -0.39 is 23.3 Å². The van der Waals surface area contributed by atoms with Crippen molar-refractivity contribution in [1.82, 2.24) is 0 Å². The molecule has 0 aliphatic rings. The molecule has 1 aromatic rings. The smallest absolute Gasteiger partial charge is 0.412 e. The van der Waals surface area contributed by atoms with E-state index in [1.54, 1.807) is 43.4 Å². The Morgan fingerprint density at radius 1 is 1.39 bits per heavy atom. The highest BCUT2D eigenvalue weighted by atomic mass is 127. The first-order valence-electron chi connectivity index (χ1n) is 4.95. The summed E-state index contributed by atoms with van der Waals surface area (Å²) >= 11 is 4.67. The first-order valence-corrected chi connectivity index (χ1v) is 6.82. The second-order valence-corrected chi connectivity index (χ2v) is 6.49. The number of hydrogen-bond donors (Lipinski definition) is 1. The fourth-order valence-corrected chi connectivity index (χ4v) is 2.60. The van der Waals surface area contributed by atoms with Gasteiger partial charge in [0.25, 0.3) is 0 Å². The van der Waals surface area contributed by atoms with Crippen LogP contribution in [0.5, 0.6) is 0 Å². The molecule has 1 aromatic carbocycles. The van der Waals surface area contributed by atoms with Crippen LogP contribution >= 0.6 is 38.5 Å². The van der Waals surface area contributed by atoms with Crippen molar-refractivity contribution in [2.75, 3.05) is 5.32 Å². The van der Waals surface area contributed by atoms with Crippen molar-refractivity contribution >= 4 is 50.3 Å². The van der Waals surface area contributed by atoms with Crippen molar-refractivity contribution in [2.24, 2.45) is 0 Å². The van der Waals surface area contributed by atoms with E-state index in [4.69, 9.17) is 4.74 Å². The number of carbonyl (C=O) groups is 1. The van der Waals surface area contributed by atoms with Gasteiger partial charge in [-0.05, 0) is 65.4 Å². The van der Waals surface area contributed by atoms with Crippen molar-refractivity contribution in [3.8, 4) is 0 Å². The lowest BCUT2D eigenvalue weighted by atomic mass is 10.2. The molecule has 0 aromatic heterocycles. The second-order valence-electron chi connectivity index (χ2n) is 4.47. The molecule has 1 N–H and O–H groups in total. The normalized spacial score (nSPS) is 11.3. The third-order valence-corrected chi connectivity index (χ3v) is 3.17. The third-order valence-electron chi connectivity index (χ3n) is 1.74. The largest absolute Gasteiger partial charge is 0.444 e.